The van der Waals surface area contributed by atoms with Gasteiger partial charge in [-0.1, -0.05) is 36.0 Å². The molecule has 2 aromatic rings. The number of sulfonamides is 1. The molecular formula is C23H29N3O2S2. The quantitative estimate of drug-likeness (QED) is 0.599. The van der Waals surface area contributed by atoms with Crippen molar-refractivity contribution < 1.29 is 13.9 Å². The number of piperazine rings is 1. The van der Waals surface area contributed by atoms with Crippen molar-refractivity contribution in [3.63, 3.8) is 0 Å². The number of rotatable bonds is 5. The predicted octanol–water partition coefficient (Wildman–Crippen LogP) is 3.47. The Kier molecular flexibility index (Phi) is 5.01. The van der Waals surface area contributed by atoms with Gasteiger partial charge in [-0.05, 0) is 54.4 Å². The fraction of sp³-hybridized carbons (Fsp3) is 0.391. The van der Waals surface area contributed by atoms with E-state index >= 15 is 0 Å². The predicted molar refractivity (Wildman–Crippen MR) is 124 cm³/mol. The van der Waals surface area contributed by atoms with Crippen LogP contribution in [0.1, 0.15) is 23.0 Å². The van der Waals surface area contributed by atoms with Gasteiger partial charge in [0.2, 0.25) is 10.0 Å². The van der Waals surface area contributed by atoms with Crippen LogP contribution in [0.15, 0.2) is 63.2 Å². The smallest absolute Gasteiger partial charge is 0.242 e. The molecule has 7 heteroatoms. The van der Waals surface area contributed by atoms with Gasteiger partial charge in [0, 0.05) is 62.0 Å². The Labute approximate surface area is 190 Å². The normalized spacial score (nSPS) is 22.1. The van der Waals surface area contributed by atoms with E-state index in [-0.39, 0.29) is 4.90 Å². The average Bonchev–Trinajstić information content (AvgIpc) is 2.78. The van der Waals surface area contributed by atoms with E-state index in [2.05, 4.69) is 4.90 Å². The number of hydrogen-bond donors (Lipinski definition) is 0. The number of nitrogens with zero attached hydrogens (tertiary/aromatic N) is 3. The fourth-order valence-electron chi connectivity index (χ4n) is 3.49. The van der Waals surface area contributed by atoms with E-state index in [1.807, 2.05) is 31.3 Å². The molecule has 0 unspecified atom stereocenters. The molecule has 0 N–H and O–H groups in total. The Morgan fingerprint density at radius 3 is 2.50 bits per heavy atom. The van der Waals surface area contributed by atoms with E-state index in [1.165, 1.54) is 31.9 Å². The number of fused-ring (bicyclic) bond motifs is 2. The van der Waals surface area contributed by atoms with Gasteiger partial charge in [-0.2, -0.15) is 0 Å². The van der Waals surface area contributed by atoms with Gasteiger partial charge in [0.25, 0.3) is 0 Å². The van der Waals surface area contributed by atoms with Crippen molar-refractivity contribution in [2.75, 3.05) is 53.8 Å². The van der Waals surface area contributed by atoms with Crippen molar-refractivity contribution in [1.82, 2.24) is 14.1 Å². The Hall–Kier alpha value is -1.64. The largest absolute Gasteiger partial charge is 0.304 e. The van der Waals surface area contributed by atoms with Crippen LogP contribution in [-0.4, -0.2) is 76.3 Å². The maximum absolute atomic E-state index is 12.8. The first-order valence-electron chi connectivity index (χ1n) is 11.9. The number of hydrogen-bond acceptors (Lipinski definition) is 5. The molecule has 0 saturated carbocycles. The molecule has 2 aliphatic rings. The molecule has 30 heavy (non-hydrogen) atoms. The lowest BCUT2D eigenvalue weighted by Gasteiger charge is -2.32. The molecule has 1 fully saturated rings. The van der Waals surface area contributed by atoms with Crippen molar-refractivity contribution in [1.29, 1.82) is 0 Å². The molecule has 2 heterocycles. The van der Waals surface area contributed by atoms with Crippen LogP contribution in [0.25, 0.3) is 5.57 Å². The summed E-state index contributed by atoms with van der Waals surface area (Å²) in [5.41, 5.74) is 1.85. The Bertz CT molecular complexity index is 1220. The molecule has 4 rings (SSSR count). The highest BCUT2D eigenvalue weighted by molar-refractivity contribution is 7.99. The SMILES string of the molecule is [2H]C([2H])(/C=C1/c2ccccc2Sc2ccc(S(=O)(=O)N(C)C)cc21)C([2H])([2H])N1CCN(C)CC1. The maximum Gasteiger partial charge on any atom is 0.242 e. The van der Waals surface area contributed by atoms with Crippen LogP contribution in [0.4, 0.5) is 0 Å². The van der Waals surface area contributed by atoms with Crippen LogP contribution in [0.2, 0.25) is 0 Å². The van der Waals surface area contributed by atoms with Gasteiger partial charge < -0.3 is 9.80 Å². The van der Waals surface area contributed by atoms with Gasteiger partial charge in [-0.15, -0.1) is 0 Å². The third-order valence-corrected chi connectivity index (χ3v) is 8.32. The summed E-state index contributed by atoms with van der Waals surface area (Å²) >= 11 is 1.49. The Morgan fingerprint density at radius 2 is 1.77 bits per heavy atom. The second kappa shape index (κ2) is 8.85. The minimum absolute atomic E-state index is 0.116. The molecule has 2 aliphatic heterocycles. The third-order valence-electron chi connectivity index (χ3n) is 5.36. The Morgan fingerprint density at radius 1 is 1.07 bits per heavy atom. The van der Waals surface area contributed by atoms with Crippen molar-refractivity contribution in [2.45, 2.75) is 21.1 Å². The second-order valence-corrected chi connectivity index (χ2v) is 10.9. The van der Waals surface area contributed by atoms with Crippen LogP contribution >= 0.6 is 11.8 Å². The standard InChI is InChI=1S/C23H29N3O2S2/c1-24(2)30(27,28)18-10-11-23-21(17-18)19(20-7-4-5-9-22(20)29-23)8-6-12-26-15-13-25(3)14-16-26/h4-5,7-11,17H,6,12-16H2,1-3H3/b19-8-/i6D2,12D2. The minimum atomic E-state index is -3.69. The van der Waals surface area contributed by atoms with Crippen LogP contribution in [0.5, 0.6) is 0 Å². The summed E-state index contributed by atoms with van der Waals surface area (Å²) in [7, 11) is 1.22. The monoisotopic (exact) mass is 447 g/mol. The third kappa shape index (κ3) is 4.36. The topological polar surface area (TPSA) is 43.9 Å². The van der Waals surface area contributed by atoms with Crippen molar-refractivity contribution in [2.24, 2.45) is 0 Å². The first-order chi connectivity index (χ1) is 15.8. The molecule has 0 atom stereocenters. The summed E-state index contributed by atoms with van der Waals surface area (Å²) in [6, 6.07) is 12.4. The maximum atomic E-state index is 12.8. The summed E-state index contributed by atoms with van der Waals surface area (Å²) in [4.78, 5) is 5.49. The molecule has 2 aromatic carbocycles. The van der Waals surface area contributed by atoms with Crippen molar-refractivity contribution in [3.05, 3.63) is 59.7 Å². The van der Waals surface area contributed by atoms with Gasteiger partial charge in [-0.3, -0.25) is 0 Å². The highest BCUT2D eigenvalue weighted by Crippen LogP contribution is 2.46. The molecule has 0 aromatic heterocycles. The zero-order valence-electron chi connectivity index (χ0n) is 21.4. The van der Waals surface area contributed by atoms with E-state index in [0.29, 0.717) is 37.3 Å². The summed E-state index contributed by atoms with van der Waals surface area (Å²) < 4.78 is 61.8. The van der Waals surface area contributed by atoms with Crippen LogP contribution in [-0.2, 0) is 10.0 Å². The molecule has 1 saturated heterocycles. The first-order valence-corrected chi connectivity index (χ1v) is 12.1. The molecule has 0 spiro atoms. The lowest BCUT2D eigenvalue weighted by molar-refractivity contribution is 0.156. The lowest BCUT2D eigenvalue weighted by Crippen LogP contribution is -2.44. The Balaban J connectivity index is 1.85. The van der Waals surface area contributed by atoms with E-state index in [4.69, 9.17) is 5.48 Å². The molecule has 0 amide bonds. The molecule has 0 aliphatic carbocycles. The van der Waals surface area contributed by atoms with E-state index in [9.17, 15) is 8.42 Å². The van der Waals surface area contributed by atoms with Gasteiger partial charge in [0.15, 0.2) is 0 Å². The minimum Gasteiger partial charge on any atom is -0.304 e. The average molecular weight is 448 g/mol. The van der Waals surface area contributed by atoms with E-state index < -0.39 is 22.9 Å². The van der Waals surface area contributed by atoms with Crippen LogP contribution in [0, 0.1) is 0 Å². The van der Waals surface area contributed by atoms with Crippen LogP contribution < -0.4 is 0 Å². The van der Waals surface area contributed by atoms with E-state index in [0.717, 1.165) is 19.7 Å². The van der Waals surface area contributed by atoms with Gasteiger partial charge >= 0.3 is 0 Å². The molecule has 0 bridgehead atoms. The molecule has 0 radical (unpaired) electrons. The zero-order chi connectivity index (χ0) is 24.9. The summed E-state index contributed by atoms with van der Waals surface area (Å²) in [5.74, 6) is 0. The highest BCUT2D eigenvalue weighted by atomic mass is 32.2. The number of benzene rings is 2. The van der Waals surface area contributed by atoms with Gasteiger partial charge in [0.05, 0.1) is 4.90 Å². The molecular weight excluding hydrogens is 414 g/mol. The molecule has 160 valence electrons. The van der Waals surface area contributed by atoms with Crippen LogP contribution in [0.3, 0.4) is 0 Å². The van der Waals surface area contributed by atoms with Crippen molar-refractivity contribution >= 4 is 27.4 Å². The van der Waals surface area contributed by atoms with Crippen molar-refractivity contribution in [3.8, 4) is 0 Å². The van der Waals surface area contributed by atoms with E-state index in [1.54, 1.807) is 23.1 Å². The highest BCUT2D eigenvalue weighted by Gasteiger charge is 2.25. The van der Waals surface area contributed by atoms with Gasteiger partial charge in [-0.25, -0.2) is 12.7 Å². The first kappa shape index (κ1) is 17.0. The fourth-order valence-corrected chi connectivity index (χ4v) is 5.51. The molecule has 5 nitrogen and oxygen atoms in total. The van der Waals surface area contributed by atoms with Gasteiger partial charge in [0.1, 0.15) is 0 Å². The summed E-state index contributed by atoms with van der Waals surface area (Å²) in [6.45, 7) is -0.0460. The summed E-state index contributed by atoms with van der Waals surface area (Å²) in [5, 5.41) is 0. The zero-order valence-corrected chi connectivity index (χ0v) is 19.1. The second-order valence-electron chi connectivity index (χ2n) is 7.65. The lowest BCUT2D eigenvalue weighted by atomic mass is 9.96. The summed E-state index contributed by atoms with van der Waals surface area (Å²) in [6.07, 6.45) is -0.990. The number of likely N-dealkylation sites (N-methyl/N-ethyl adjacent to an activating group) is 1.